The number of nitrogens with two attached hydrogens (primary N) is 1. The largest absolute Gasteiger partial charge is 0.370 e. The van der Waals surface area contributed by atoms with E-state index in [9.17, 15) is 0 Å². The Morgan fingerprint density at radius 3 is 2.84 bits per heavy atom. The lowest BCUT2D eigenvalue weighted by molar-refractivity contribution is 0.248. The number of aryl methyl sites for hydroxylation is 1. The fraction of sp³-hybridized carbons (Fsp3) is 0.625. The second-order valence-corrected chi connectivity index (χ2v) is 5.83. The minimum atomic E-state index is 0.637. The van der Waals surface area contributed by atoms with Crippen LogP contribution in [0.3, 0.4) is 0 Å². The summed E-state index contributed by atoms with van der Waals surface area (Å²) in [5, 5.41) is 0. The van der Waals surface area contributed by atoms with Crippen LogP contribution >= 0.6 is 0 Å². The molecule has 3 nitrogen and oxygen atoms in total. The van der Waals surface area contributed by atoms with Crippen LogP contribution in [0.2, 0.25) is 0 Å². The highest BCUT2D eigenvalue weighted by Gasteiger charge is 2.22. The van der Waals surface area contributed by atoms with E-state index in [-0.39, 0.29) is 0 Å². The number of likely N-dealkylation sites (N-methyl/N-ethyl adjacent to an activating group) is 2. The van der Waals surface area contributed by atoms with E-state index in [4.69, 9.17) is 5.73 Å². The van der Waals surface area contributed by atoms with Crippen molar-refractivity contribution in [3.63, 3.8) is 0 Å². The molecule has 1 aromatic rings. The van der Waals surface area contributed by atoms with Crippen molar-refractivity contribution in [1.82, 2.24) is 4.90 Å². The maximum absolute atomic E-state index is 5.62. The molecular formula is C16H27N3. The molecule has 1 heterocycles. The van der Waals surface area contributed by atoms with E-state index in [0.29, 0.717) is 6.04 Å². The number of likely N-dealkylation sites (tertiary alicyclic amines) is 1. The van der Waals surface area contributed by atoms with Crippen molar-refractivity contribution in [2.24, 2.45) is 5.73 Å². The number of nitrogens with zero attached hydrogens (tertiary/aromatic N) is 2. The van der Waals surface area contributed by atoms with Gasteiger partial charge >= 0.3 is 0 Å². The zero-order chi connectivity index (χ0) is 13.8. The van der Waals surface area contributed by atoms with Gasteiger partial charge in [0.15, 0.2) is 0 Å². The molecule has 0 radical (unpaired) electrons. The van der Waals surface area contributed by atoms with E-state index in [0.717, 1.165) is 13.0 Å². The first-order valence-corrected chi connectivity index (χ1v) is 7.33. The minimum absolute atomic E-state index is 0.637. The van der Waals surface area contributed by atoms with Gasteiger partial charge in [-0.25, -0.2) is 0 Å². The van der Waals surface area contributed by atoms with Crippen molar-refractivity contribution >= 4 is 5.69 Å². The summed E-state index contributed by atoms with van der Waals surface area (Å²) in [6.07, 6.45) is 3.57. The summed E-state index contributed by atoms with van der Waals surface area (Å²) in [4.78, 5) is 4.89. The average Bonchev–Trinajstić information content (AvgIpc) is 2.38. The predicted octanol–water partition coefficient (Wildman–Crippen LogP) is 2.03. The standard InChI is InChI=1S/C16H27N3/c1-13-11-14(8-9-17)6-7-16(13)19(3)15-5-4-10-18(2)12-15/h6-7,11,15H,4-5,8-10,12,17H2,1-3H3. The van der Waals surface area contributed by atoms with Gasteiger partial charge in [0.25, 0.3) is 0 Å². The quantitative estimate of drug-likeness (QED) is 0.900. The summed E-state index contributed by atoms with van der Waals surface area (Å²) >= 11 is 0. The van der Waals surface area contributed by atoms with E-state index >= 15 is 0 Å². The number of hydrogen-bond donors (Lipinski definition) is 1. The minimum Gasteiger partial charge on any atom is -0.370 e. The van der Waals surface area contributed by atoms with Crippen LogP contribution in [0.4, 0.5) is 5.69 Å². The Hall–Kier alpha value is -1.06. The van der Waals surface area contributed by atoms with Crippen LogP contribution in [0.1, 0.15) is 24.0 Å². The molecule has 106 valence electrons. The van der Waals surface area contributed by atoms with E-state index in [1.165, 1.54) is 42.7 Å². The molecule has 0 saturated carbocycles. The van der Waals surface area contributed by atoms with Gasteiger partial charge in [-0.15, -0.1) is 0 Å². The molecule has 0 spiro atoms. The van der Waals surface area contributed by atoms with Gasteiger partial charge in [0.05, 0.1) is 0 Å². The summed E-state index contributed by atoms with van der Waals surface area (Å²) in [6.45, 7) is 5.33. The van der Waals surface area contributed by atoms with Crippen molar-refractivity contribution in [3.8, 4) is 0 Å². The van der Waals surface area contributed by atoms with Crippen molar-refractivity contribution < 1.29 is 0 Å². The Kier molecular flexibility index (Phi) is 4.83. The molecule has 1 unspecified atom stereocenters. The lowest BCUT2D eigenvalue weighted by Gasteiger charge is -2.37. The molecule has 2 rings (SSSR count). The monoisotopic (exact) mass is 261 g/mol. The van der Waals surface area contributed by atoms with Gasteiger partial charge in [-0.3, -0.25) is 0 Å². The van der Waals surface area contributed by atoms with Crippen LogP contribution in [0.5, 0.6) is 0 Å². The highest BCUT2D eigenvalue weighted by molar-refractivity contribution is 5.54. The van der Waals surface area contributed by atoms with Gasteiger partial charge < -0.3 is 15.5 Å². The molecule has 1 fully saturated rings. The second-order valence-electron chi connectivity index (χ2n) is 5.83. The van der Waals surface area contributed by atoms with E-state index in [2.05, 4.69) is 49.0 Å². The zero-order valence-electron chi connectivity index (χ0n) is 12.5. The molecular weight excluding hydrogens is 234 g/mol. The van der Waals surface area contributed by atoms with Gasteiger partial charge in [0.1, 0.15) is 0 Å². The van der Waals surface area contributed by atoms with Crippen LogP contribution in [0.25, 0.3) is 0 Å². The summed E-state index contributed by atoms with van der Waals surface area (Å²) in [7, 11) is 4.45. The number of anilines is 1. The Labute approximate surface area is 117 Å². The van der Waals surface area contributed by atoms with Crippen LogP contribution in [-0.4, -0.2) is 44.7 Å². The normalized spacial score (nSPS) is 20.5. The molecule has 1 aliphatic rings. The zero-order valence-corrected chi connectivity index (χ0v) is 12.5. The van der Waals surface area contributed by atoms with Crippen molar-refractivity contribution in [3.05, 3.63) is 29.3 Å². The third-order valence-electron chi connectivity index (χ3n) is 4.22. The van der Waals surface area contributed by atoms with Crippen molar-refractivity contribution in [1.29, 1.82) is 0 Å². The first-order chi connectivity index (χ1) is 9.11. The summed E-state index contributed by atoms with van der Waals surface area (Å²) in [6, 6.07) is 7.40. The molecule has 19 heavy (non-hydrogen) atoms. The Balaban J connectivity index is 2.12. The molecule has 1 saturated heterocycles. The van der Waals surface area contributed by atoms with E-state index in [1.807, 2.05) is 0 Å². The van der Waals surface area contributed by atoms with Crippen molar-refractivity contribution in [2.45, 2.75) is 32.2 Å². The predicted molar refractivity (Wildman–Crippen MR) is 82.9 cm³/mol. The number of piperidine rings is 1. The highest BCUT2D eigenvalue weighted by atomic mass is 15.2. The lowest BCUT2D eigenvalue weighted by Crippen LogP contribution is -2.45. The second kappa shape index (κ2) is 6.40. The van der Waals surface area contributed by atoms with Gasteiger partial charge in [-0.1, -0.05) is 12.1 Å². The SMILES string of the molecule is Cc1cc(CCN)ccc1N(C)C1CCCN(C)C1. The first-order valence-electron chi connectivity index (χ1n) is 7.33. The number of hydrogen-bond acceptors (Lipinski definition) is 3. The molecule has 2 N–H and O–H groups in total. The van der Waals surface area contributed by atoms with Crippen molar-refractivity contribution in [2.75, 3.05) is 38.6 Å². The third kappa shape index (κ3) is 3.48. The summed E-state index contributed by atoms with van der Waals surface area (Å²) in [5.74, 6) is 0. The Bertz CT molecular complexity index is 416. The molecule has 0 amide bonds. The van der Waals surface area contributed by atoms with Crippen LogP contribution in [0, 0.1) is 6.92 Å². The van der Waals surface area contributed by atoms with Crippen LogP contribution < -0.4 is 10.6 Å². The van der Waals surface area contributed by atoms with Crippen LogP contribution in [0.15, 0.2) is 18.2 Å². The van der Waals surface area contributed by atoms with Gasteiger partial charge in [0, 0.05) is 25.3 Å². The molecule has 0 aromatic heterocycles. The number of benzene rings is 1. The third-order valence-corrected chi connectivity index (χ3v) is 4.22. The number of rotatable bonds is 4. The van der Waals surface area contributed by atoms with Gasteiger partial charge in [-0.2, -0.15) is 0 Å². The highest BCUT2D eigenvalue weighted by Crippen LogP contribution is 2.25. The Morgan fingerprint density at radius 1 is 1.42 bits per heavy atom. The molecule has 3 heteroatoms. The fourth-order valence-electron chi connectivity index (χ4n) is 3.09. The van der Waals surface area contributed by atoms with Gasteiger partial charge in [-0.05, 0) is 63.5 Å². The summed E-state index contributed by atoms with van der Waals surface area (Å²) < 4.78 is 0. The fourth-order valence-corrected chi connectivity index (χ4v) is 3.09. The lowest BCUT2D eigenvalue weighted by atomic mass is 10.0. The molecule has 1 aromatic carbocycles. The molecule has 0 bridgehead atoms. The average molecular weight is 261 g/mol. The smallest absolute Gasteiger partial charge is 0.0414 e. The maximum atomic E-state index is 5.62. The Morgan fingerprint density at radius 2 is 2.21 bits per heavy atom. The molecule has 0 aliphatic carbocycles. The topological polar surface area (TPSA) is 32.5 Å². The molecule has 1 atom stereocenters. The maximum Gasteiger partial charge on any atom is 0.0414 e. The van der Waals surface area contributed by atoms with E-state index in [1.54, 1.807) is 0 Å². The van der Waals surface area contributed by atoms with Gasteiger partial charge in [0.2, 0.25) is 0 Å². The first kappa shape index (κ1) is 14.4. The summed E-state index contributed by atoms with van der Waals surface area (Å²) in [5.41, 5.74) is 9.69. The molecule has 1 aliphatic heterocycles. The van der Waals surface area contributed by atoms with E-state index < -0.39 is 0 Å². The van der Waals surface area contributed by atoms with Crippen LogP contribution in [-0.2, 0) is 6.42 Å².